The predicted octanol–water partition coefficient (Wildman–Crippen LogP) is 5.42. The molecule has 0 saturated carbocycles. The van der Waals surface area contributed by atoms with Gasteiger partial charge in [0.25, 0.3) is 0 Å². The second kappa shape index (κ2) is 18.5. The number of allylic oxidation sites excluding steroid dienone is 4. The highest BCUT2D eigenvalue weighted by Gasteiger charge is 1.93. The fourth-order valence-electron chi connectivity index (χ4n) is 1.87. The summed E-state index contributed by atoms with van der Waals surface area (Å²) in [5, 5.41) is 7.00. The molecule has 0 radical (unpaired) electrons. The highest BCUT2D eigenvalue weighted by molar-refractivity contribution is 5.20. The minimum atomic E-state index is 1.00. The maximum atomic E-state index is 7.00. The molecule has 0 rings (SSSR count). The zero-order valence-electron chi connectivity index (χ0n) is 12.5. The van der Waals surface area contributed by atoms with Gasteiger partial charge in [-0.1, -0.05) is 83.3 Å². The van der Waals surface area contributed by atoms with Crippen molar-refractivity contribution in [3.63, 3.8) is 0 Å². The molecule has 0 bridgehead atoms. The molecule has 0 spiro atoms. The van der Waals surface area contributed by atoms with Crippen LogP contribution in [0.2, 0.25) is 0 Å². The molecule has 0 amide bonds. The van der Waals surface area contributed by atoms with Gasteiger partial charge in [0.05, 0.1) is 0 Å². The molecule has 0 heterocycles. The van der Waals surface area contributed by atoms with Gasteiger partial charge in [0, 0.05) is 7.11 Å². The van der Waals surface area contributed by atoms with Crippen LogP contribution >= 0.6 is 0 Å². The lowest BCUT2D eigenvalue weighted by Crippen LogP contribution is -1.82. The molecule has 0 fully saturated rings. The Balaban J connectivity index is 0. The monoisotopic (exact) mass is 252 g/mol. The summed E-state index contributed by atoms with van der Waals surface area (Å²) in [6.07, 6.45) is 18.1. The molecule has 0 aliphatic rings. The van der Waals surface area contributed by atoms with Gasteiger partial charge in [0.1, 0.15) is 0 Å². The largest absolute Gasteiger partial charge is 0.400 e. The maximum absolute atomic E-state index is 7.00. The van der Waals surface area contributed by atoms with E-state index in [9.17, 15) is 0 Å². The molecular weight excluding hydrogens is 220 g/mol. The van der Waals surface area contributed by atoms with Gasteiger partial charge in [0.2, 0.25) is 0 Å². The SMILES string of the molecule is C=C/C=C(\C=C)CCCCCCCCCC.CO. The summed E-state index contributed by atoms with van der Waals surface area (Å²) in [6.45, 7) is 9.79. The third kappa shape index (κ3) is 15.2. The van der Waals surface area contributed by atoms with Gasteiger partial charge in [-0.2, -0.15) is 0 Å². The highest BCUT2D eigenvalue weighted by Crippen LogP contribution is 2.13. The van der Waals surface area contributed by atoms with Crippen LogP contribution < -0.4 is 0 Å². The number of unbranched alkanes of at least 4 members (excludes halogenated alkanes) is 7. The van der Waals surface area contributed by atoms with Crippen LogP contribution in [0.15, 0.2) is 37.0 Å². The smallest absolute Gasteiger partial charge is 0.0319 e. The van der Waals surface area contributed by atoms with Gasteiger partial charge in [-0.15, -0.1) is 0 Å². The van der Waals surface area contributed by atoms with E-state index in [1.165, 1.54) is 56.9 Å². The first kappa shape index (κ1) is 19.5. The van der Waals surface area contributed by atoms with Gasteiger partial charge in [0.15, 0.2) is 0 Å². The highest BCUT2D eigenvalue weighted by atomic mass is 16.2. The fourth-order valence-corrected chi connectivity index (χ4v) is 1.87. The van der Waals surface area contributed by atoms with Crippen molar-refractivity contribution in [1.29, 1.82) is 0 Å². The standard InChI is InChI=1S/C16H28.CH4O/c1-4-7-8-9-10-11-12-13-15-16(6-3)14-5-2;1-2/h5-6,14H,2-4,7-13,15H2,1H3;2H,1H3/b16-14+;. The van der Waals surface area contributed by atoms with Gasteiger partial charge >= 0.3 is 0 Å². The lowest BCUT2D eigenvalue weighted by molar-refractivity contribution is 0.399. The average molecular weight is 252 g/mol. The molecule has 0 atom stereocenters. The molecule has 0 aromatic carbocycles. The summed E-state index contributed by atoms with van der Waals surface area (Å²) in [5.41, 5.74) is 1.32. The fraction of sp³-hybridized carbons (Fsp3) is 0.647. The molecule has 0 aromatic heterocycles. The van der Waals surface area contributed by atoms with Crippen LogP contribution in [0.4, 0.5) is 0 Å². The minimum absolute atomic E-state index is 1.00. The van der Waals surface area contributed by atoms with E-state index < -0.39 is 0 Å². The molecule has 1 nitrogen and oxygen atoms in total. The quantitative estimate of drug-likeness (QED) is 0.384. The minimum Gasteiger partial charge on any atom is -0.400 e. The lowest BCUT2D eigenvalue weighted by Gasteiger charge is -2.02. The molecule has 106 valence electrons. The van der Waals surface area contributed by atoms with E-state index in [4.69, 9.17) is 5.11 Å². The Morgan fingerprint density at radius 2 is 1.39 bits per heavy atom. The van der Waals surface area contributed by atoms with Crippen LogP contribution in [0.25, 0.3) is 0 Å². The third-order valence-corrected chi connectivity index (χ3v) is 2.91. The third-order valence-electron chi connectivity index (χ3n) is 2.91. The van der Waals surface area contributed by atoms with Crippen molar-refractivity contribution in [2.45, 2.75) is 64.7 Å². The first-order chi connectivity index (χ1) is 8.85. The van der Waals surface area contributed by atoms with E-state index in [2.05, 4.69) is 26.2 Å². The molecule has 0 unspecified atom stereocenters. The number of hydrogen-bond donors (Lipinski definition) is 1. The van der Waals surface area contributed by atoms with E-state index in [-0.39, 0.29) is 0 Å². The van der Waals surface area contributed by atoms with Crippen LogP contribution in [0.1, 0.15) is 64.7 Å². The van der Waals surface area contributed by atoms with Gasteiger partial charge in [-0.25, -0.2) is 0 Å². The van der Waals surface area contributed by atoms with Gasteiger partial charge in [-0.3, -0.25) is 0 Å². The van der Waals surface area contributed by atoms with Crippen LogP contribution in [0.3, 0.4) is 0 Å². The van der Waals surface area contributed by atoms with Crippen LogP contribution in [0.5, 0.6) is 0 Å². The van der Waals surface area contributed by atoms with E-state index in [1.807, 2.05) is 12.2 Å². The van der Waals surface area contributed by atoms with Crippen molar-refractivity contribution in [2.75, 3.05) is 7.11 Å². The Hall–Kier alpha value is -0.820. The number of aliphatic hydroxyl groups excluding tert-OH is 1. The molecule has 0 aromatic rings. The summed E-state index contributed by atoms with van der Waals surface area (Å²) >= 11 is 0. The van der Waals surface area contributed by atoms with Gasteiger partial charge < -0.3 is 5.11 Å². The maximum Gasteiger partial charge on any atom is 0.0319 e. The van der Waals surface area contributed by atoms with E-state index in [0.717, 1.165) is 13.5 Å². The number of aliphatic hydroxyl groups is 1. The average Bonchev–Trinajstić information content (AvgIpc) is 2.42. The topological polar surface area (TPSA) is 20.2 Å². The van der Waals surface area contributed by atoms with Crippen LogP contribution in [0, 0.1) is 0 Å². The summed E-state index contributed by atoms with van der Waals surface area (Å²) < 4.78 is 0. The van der Waals surface area contributed by atoms with Crippen LogP contribution in [-0.2, 0) is 0 Å². The predicted molar refractivity (Wildman–Crippen MR) is 83.8 cm³/mol. The zero-order chi connectivity index (χ0) is 14.1. The van der Waals surface area contributed by atoms with Crippen molar-refractivity contribution in [2.24, 2.45) is 0 Å². The Morgan fingerprint density at radius 1 is 0.889 bits per heavy atom. The normalized spacial score (nSPS) is 10.5. The molecule has 18 heavy (non-hydrogen) atoms. The van der Waals surface area contributed by atoms with E-state index in [0.29, 0.717) is 0 Å². The number of hydrogen-bond acceptors (Lipinski definition) is 1. The first-order valence-corrected chi connectivity index (χ1v) is 7.24. The molecule has 1 N–H and O–H groups in total. The van der Waals surface area contributed by atoms with Crippen LogP contribution in [-0.4, -0.2) is 12.2 Å². The molecule has 0 aliphatic heterocycles. The lowest BCUT2D eigenvalue weighted by atomic mass is 10.0. The van der Waals surface area contributed by atoms with Crippen molar-refractivity contribution >= 4 is 0 Å². The Kier molecular flexibility index (Phi) is 20.1. The molecule has 1 heteroatoms. The first-order valence-electron chi connectivity index (χ1n) is 7.24. The van der Waals surface area contributed by atoms with Crippen molar-refractivity contribution in [1.82, 2.24) is 0 Å². The number of rotatable bonds is 11. The summed E-state index contributed by atoms with van der Waals surface area (Å²) in [5.74, 6) is 0. The summed E-state index contributed by atoms with van der Waals surface area (Å²) in [4.78, 5) is 0. The Labute approximate surface area is 114 Å². The van der Waals surface area contributed by atoms with Crippen molar-refractivity contribution in [3.05, 3.63) is 37.0 Å². The Morgan fingerprint density at radius 3 is 1.83 bits per heavy atom. The van der Waals surface area contributed by atoms with Crippen molar-refractivity contribution in [3.8, 4) is 0 Å². The molecule has 0 aliphatic carbocycles. The van der Waals surface area contributed by atoms with E-state index in [1.54, 1.807) is 0 Å². The summed E-state index contributed by atoms with van der Waals surface area (Å²) in [7, 11) is 1.00. The van der Waals surface area contributed by atoms with Crippen molar-refractivity contribution < 1.29 is 5.11 Å². The molecular formula is C17H32O. The van der Waals surface area contributed by atoms with Gasteiger partial charge in [-0.05, 0) is 18.4 Å². The second-order valence-electron chi connectivity index (χ2n) is 4.41. The second-order valence-corrected chi connectivity index (χ2v) is 4.41. The summed E-state index contributed by atoms with van der Waals surface area (Å²) in [6, 6.07) is 0. The van der Waals surface area contributed by atoms with E-state index >= 15 is 0 Å². The molecule has 0 saturated heterocycles. The Bertz CT molecular complexity index is 204. The zero-order valence-corrected chi connectivity index (χ0v) is 12.5.